The van der Waals surface area contributed by atoms with Gasteiger partial charge in [0, 0.05) is 6.54 Å². The summed E-state index contributed by atoms with van der Waals surface area (Å²) in [6.07, 6.45) is 0.653. The van der Waals surface area contributed by atoms with Crippen molar-refractivity contribution in [3.63, 3.8) is 0 Å². The molecule has 3 rings (SSSR count). The number of hydrogen-bond acceptors (Lipinski definition) is 3. The molecule has 18 heavy (non-hydrogen) atoms. The van der Waals surface area contributed by atoms with Gasteiger partial charge in [-0.25, -0.2) is 0 Å². The monoisotopic (exact) mass is 247 g/mol. The molecule has 0 radical (unpaired) electrons. The van der Waals surface area contributed by atoms with Crippen molar-refractivity contribution in [2.45, 2.75) is 18.6 Å². The lowest BCUT2D eigenvalue weighted by Gasteiger charge is -2.35. The van der Waals surface area contributed by atoms with Crippen LogP contribution >= 0.6 is 0 Å². The van der Waals surface area contributed by atoms with Crippen LogP contribution < -0.4 is 0 Å². The predicted octanol–water partition coefficient (Wildman–Crippen LogP) is 0.855. The van der Waals surface area contributed by atoms with Crippen LogP contribution in [0.25, 0.3) is 0 Å². The molecule has 2 aliphatic heterocycles. The SMILES string of the molecule is O=C(C1CO1)N1CCOCC1Cc1ccccc1. The Kier molecular flexibility index (Phi) is 3.30. The van der Waals surface area contributed by atoms with E-state index in [1.165, 1.54) is 5.56 Å². The first-order valence-corrected chi connectivity index (χ1v) is 6.38. The third-order valence-electron chi connectivity index (χ3n) is 3.43. The summed E-state index contributed by atoms with van der Waals surface area (Å²) >= 11 is 0. The minimum absolute atomic E-state index is 0.124. The number of rotatable bonds is 3. The van der Waals surface area contributed by atoms with Crippen molar-refractivity contribution < 1.29 is 14.3 Å². The number of morpholine rings is 1. The van der Waals surface area contributed by atoms with Gasteiger partial charge in [0.2, 0.25) is 0 Å². The van der Waals surface area contributed by atoms with Crippen molar-refractivity contribution in [3.05, 3.63) is 35.9 Å². The van der Waals surface area contributed by atoms with Crippen LogP contribution in [0, 0.1) is 0 Å². The normalized spacial score (nSPS) is 27.0. The molecule has 4 heteroatoms. The van der Waals surface area contributed by atoms with E-state index in [-0.39, 0.29) is 18.1 Å². The molecule has 2 atom stereocenters. The molecule has 2 heterocycles. The van der Waals surface area contributed by atoms with Crippen LogP contribution in [-0.2, 0) is 20.7 Å². The van der Waals surface area contributed by atoms with E-state index >= 15 is 0 Å². The summed E-state index contributed by atoms with van der Waals surface area (Å²) in [6.45, 7) is 2.50. The summed E-state index contributed by atoms with van der Waals surface area (Å²) in [5.41, 5.74) is 1.24. The Labute approximate surface area is 106 Å². The van der Waals surface area contributed by atoms with E-state index in [0.717, 1.165) is 6.42 Å². The Morgan fingerprint density at radius 1 is 1.28 bits per heavy atom. The molecule has 0 spiro atoms. The lowest BCUT2D eigenvalue weighted by Crippen LogP contribution is -2.51. The second kappa shape index (κ2) is 5.08. The van der Waals surface area contributed by atoms with Gasteiger partial charge < -0.3 is 14.4 Å². The van der Waals surface area contributed by atoms with E-state index in [9.17, 15) is 4.79 Å². The molecule has 0 aliphatic carbocycles. The van der Waals surface area contributed by atoms with Crippen molar-refractivity contribution in [3.8, 4) is 0 Å². The zero-order valence-corrected chi connectivity index (χ0v) is 10.2. The van der Waals surface area contributed by atoms with E-state index in [0.29, 0.717) is 26.4 Å². The van der Waals surface area contributed by atoms with Gasteiger partial charge in [-0.05, 0) is 12.0 Å². The number of benzene rings is 1. The van der Waals surface area contributed by atoms with Gasteiger partial charge in [-0.3, -0.25) is 4.79 Å². The summed E-state index contributed by atoms with van der Waals surface area (Å²) in [7, 11) is 0. The van der Waals surface area contributed by atoms with Gasteiger partial charge in [0.25, 0.3) is 5.91 Å². The predicted molar refractivity (Wildman–Crippen MR) is 66.2 cm³/mol. The zero-order valence-electron chi connectivity index (χ0n) is 10.2. The summed E-state index contributed by atoms with van der Waals surface area (Å²) < 4.78 is 10.6. The second-order valence-electron chi connectivity index (χ2n) is 4.77. The largest absolute Gasteiger partial charge is 0.377 e. The number of nitrogens with zero attached hydrogens (tertiary/aromatic N) is 1. The lowest BCUT2D eigenvalue weighted by atomic mass is 10.0. The van der Waals surface area contributed by atoms with Gasteiger partial charge >= 0.3 is 0 Å². The van der Waals surface area contributed by atoms with Gasteiger partial charge in [0.05, 0.1) is 25.9 Å². The summed E-state index contributed by atoms with van der Waals surface area (Å²) in [5, 5.41) is 0. The van der Waals surface area contributed by atoms with E-state index < -0.39 is 0 Å². The standard InChI is InChI=1S/C14H17NO3/c16-14(13-10-18-13)15-6-7-17-9-12(15)8-11-4-2-1-3-5-11/h1-5,12-13H,6-10H2. The highest BCUT2D eigenvalue weighted by molar-refractivity contribution is 5.83. The van der Waals surface area contributed by atoms with Crippen molar-refractivity contribution in [2.75, 3.05) is 26.4 Å². The van der Waals surface area contributed by atoms with Crippen LogP contribution in [0.4, 0.5) is 0 Å². The van der Waals surface area contributed by atoms with Crippen LogP contribution in [-0.4, -0.2) is 49.3 Å². The molecule has 2 aliphatic rings. The first kappa shape index (κ1) is 11.7. The number of ether oxygens (including phenoxy) is 2. The fraction of sp³-hybridized carbons (Fsp3) is 0.500. The minimum Gasteiger partial charge on any atom is -0.377 e. The van der Waals surface area contributed by atoms with Gasteiger partial charge in [0.1, 0.15) is 0 Å². The van der Waals surface area contributed by atoms with Crippen LogP contribution in [0.5, 0.6) is 0 Å². The number of carbonyl (C=O) groups is 1. The Bertz CT molecular complexity index is 416. The van der Waals surface area contributed by atoms with E-state index in [2.05, 4.69) is 12.1 Å². The minimum atomic E-state index is -0.193. The molecule has 1 aromatic carbocycles. The van der Waals surface area contributed by atoms with Crippen LogP contribution in [0.3, 0.4) is 0 Å². The topological polar surface area (TPSA) is 42.1 Å². The first-order chi connectivity index (χ1) is 8.84. The molecule has 96 valence electrons. The van der Waals surface area contributed by atoms with Crippen LogP contribution in [0.2, 0.25) is 0 Å². The number of epoxide rings is 1. The molecular weight excluding hydrogens is 230 g/mol. The quantitative estimate of drug-likeness (QED) is 0.744. The fourth-order valence-electron chi connectivity index (χ4n) is 2.38. The van der Waals surface area contributed by atoms with Crippen LogP contribution in [0.1, 0.15) is 5.56 Å². The highest BCUT2D eigenvalue weighted by Gasteiger charge is 2.38. The Morgan fingerprint density at radius 3 is 2.78 bits per heavy atom. The highest BCUT2D eigenvalue weighted by atomic mass is 16.6. The molecular formula is C14H17NO3. The number of carbonyl (C=O) groups excluding carboxylic acids is 1. The molecule has 2 saturated heterocycles. The average molecular weight is 247 g/mol. The van der Waals surface area contributed by atoms with Crippen LogP contribution in [0.15, 0.2) is 30.3 Å². The smallest absolute Gasteiger partial charge is 0.254 e. The molecule has 4 nitrogen and oxygen atoms in total. The molecule has 0 N–H and O–H groups in total. The maximum absolute atomic E-state index is 12.1. The summed E-state index contributed by atoms with van der Waals surface area (Å²) in [4.78, 5) is 14.0. The summed E-state index contributed by atoms with van der Waals surface area (Å²) in [5.74, 6) is 0.124. The van der Waals surface area contributed by atoms with E-state index in [1.54, 1.807) is 0 Å². The maximum Gasteiger partial charge on any atom is 0.254 e. The van der Waals surface area contributed by atoms with E-state index in [4.69, 9.17) is 9.47 Å². The van der Waals surface area contributed by atoms with Crippen molar-refractivity contribution in [1.29, 1.82) is 0 Å². The van der Waals surface area contributed by atoms with Crippen molar-refractivity contribution in [1.82, 2.24) is 4.90 Å². The van der Waals surface area contributed by atoms with Crippen molar-refractivity contribution >= 4 is 5.91 Å². The molecule has 0 bridgehead atoms. The number of hydrogen-bond donors (Lipinski definition) is 0. The zero-order chi connectivity index (χ0) is 12.4. The summed E-state index contributed by atoms with van der Waals surface area (Å²) in [6, 6.07) is 10.4. The lowest BCUT2D eigenvalue weighted by molar-refractivity contribution is -0.141. The Balaban J connectivity index is 1.69. The van der Waals surface area contributed by atoms with Gasteiger partial charge in [-0.1, -0.05) is 30.3 Å². The second-order valence-corrected chi connectivity index (χ2v) is 4.77. The third kappa shape index (κ3) is 2.54. The van der Waals surface area contributed by atoms with Gasteiger partial charge in [-0.15, -0.1) is 0 Å². The van der Waals surface area contributed by atoms with Gasteiger partial charge in [0.15, 0.2) is 6.10 Å². The van der Waals surface area contributed by atoms with E-state index in [1.807, 2.05) is 23.1 Å². The molecule has 0 saturated carbocycles. The Morgan fingerprint density at radius 2 is 2.06 bits per heavy atom. The number of amides is 1. The fourth-order valence-corrected chi connectivity index (χ4v) is 2.38. The molecule has 1 aromatic rings. The molecule has 0 aromatic heterocycles. The molecule has 2 fully saturated rings. The Hall–Kier alpha value is -1.39. The maximum atomic E-state index is 12.1. The first-order valence-electron chi connectivity index (χ1n) is 6.38. The van der Waals surface area contributed by atoms with Gasteiger partial charge in [-0.2, -0.15) is 0 Å². The highest BCUT2D eigenvalue weighted by Crippen LogP contribution is 2.19. The molecule has 2 unspecified atom stereocenters. The third-order valence-corrected chi connectivity index (χ3v) is 3.43. The average Bonchev–Trinajstić information content (AvgIpc) is 3.24. The molecule has 1 amide bonds. The van der Waals surface area contributed by atoms with Crippen molar-refractivity contribution in [2.24, 2.45) is 0 Å².